The van der Waals surface area contributed by atoms with Crippen LogP contribution < -0.4 is 0 Å². The van der Waals surface area contributed by atoms with Crippen molar-refractivity contribution in [2.45, 2.75) is 26.1 Å². The van der Waals surface area contributed by atoms with E-state index in [0.29, 0.717) is 6.61 Å². The third-order valence-electron chi connectivity index (χ3n) is 1.70. The zero-order chi connectivity index (χ0) is 10.6. The third kappa shape index (κ3) is 3.77. The van der Waals surface area contributed by atoms with Gasteiger partial charge in [0, 0.05) is 5.56 Å². The molecular weight excluding hydrogens is 180 g/mol. The maximum atomic E-state index is 9.40. The normalized spacial score (nSPS) is 11.6. The van der Waals surface area contributed by atoms with Crippen LogP contribution >= 0.6 is 0 Å². The first-order valence-corrected chi connectivity index (χ1v) is 4.56. The maximum Gasteiger partial charge on any atom is 0.121 e. The summed E-state index contributed by atoms with van der Waals surface area (Å²) >= 11 is 0. The average Bonchev–Trinajstić information content (AvgIpc) is 2.06. The highest BCUT2D eigenvalue weighted by atomic mass is 16.5. The molecule has 3 heteroatoms. The number of benzene rings is 1. The summed E-state index contributed by atoms with van der Waals surface area (Å²) in [6, 6.07) is 7.00. The van der Waals surface area contributed by atoms with E-state index < -0.39 is 5.60 Å². The predicted molar refractivity (Wildman–Crippen MR) is 54.1 cm³/mol. The standard InChI is InChI=1S/C11H16O3/c1-11(2,13)8-14-7-9-5-3-4-6-10(9)12/h3-6,12-13H,7-8H2,1-2H3. The van der Waals surface area contributed by atoms with Crippen molar-refractivity contribution in [1.29, 1.82) is 0 Å². The molecule has 14 heavy (non-hydrogen) atoms. The smallest absolute Gasteiger partial charge is 0.121 e. The van der Waals surface area contributed by atoms with E-state index in [1.54, 1.807) is 32.0 Å². The van der Waals surface area contributed by atoms with E-state index in [9.17, 15) is 10.2 Å². The average molecular weight is 196 g/mol. The fourth-order valence-corrected chi connectivity index (χ4v) is 1.04. The molecule has 0 saturated carbocycles. The van der Waals surface area contributed by atoms with Crippen molar-refractivity contribution >= 4 is 0 Å². The van der Waals surface area contributed by atoms with Gasteiger partial charge < -0.3 is 14.9 Å². The molecule has 0 aromatic heterocycles. The minimum atomic E-state index is -0.829. The van der Waals surface area contributed by atoms with E-state index in [1.807, 2.05) is 6.07 Å². The van der Waals surface area contributed by atoms with Crippen LogP contribution in [-0.2, 0) is 11.3 Å². The molecular formula is C11H16O3. The molecule has 78 valence electrons. The Hall–Kier alpha value is -1.06. The second-order valence-corrected chi connectivity index (χ2v) is 3.93. The Labute approximate surface area is 84.0 Å². The summed E-state index contributed by atoms with van der Waals surface area (Å²) in [4.78, 5) is 0. The fraction of sp³-hybridized carbons (Fsp3) is 0.455. The van der Waals surface area contributed by atoms with Crippen LogP contribution in [0.15, 0.2) is 24.3 Å². The third-order valence-corrected chi connectivity index (χ3v) is 1.70. The van der Waals surface area contributed by atoms with Gasteiger partial charge in [0.2, 0.25) is 0 Å². The van der Waals surface area contributed by atoms with Crippen LogP contribution in [0.25, 0.3) is 0 Å². The van der Waals surface area contributed by atoms with Crippen molar-refractivity contribution in [1.82, 2.24) is 0 Å². The van der Waals surface area contributed by atoms with Crippen LogP contribution in [0.2, 0.25) is 0 Å². The Morgan fingerprint density at radius 1 is 1.29 bits per heavy atom. The zero-order valence-corrected chi connectivity index (χ0v) is 8.53. The van der Waals surface area contributed by atoms with Gasteiger partial charge >= 0.3 is 0 Å². The topological polar surface area (TPSA) is 49.7 Å². The van der Waals surface area contributed by atoms with Crippen molar-refractivity contribution in [2.24, 2.45) is 0 Å². The number of aromatic hydroxyl groups is 1. The monoisotopic (exact) mass is 196 g/mol. The Balaban J connectivity index is 2.43. The zero-order valence-electron chi connectivity index (χ0n) is 8.53. The Bertz CT molecular complexity index is 289. The van der Waals surface area contributed by atoms with Crippen molar-refractivity contribution < 1.29 is 14.9 Å². The molecule has 0 aliphatic rings. The molecule has 1 aromatic carbocycles. The first-order valence-electron chi connectivity index (χ1n) is 4.56. The number of phenols is 1. The fourth-order valence-electron chi connectivity index (χ4n) is 1.04. The van der Waals surface area contributed by atoms with Gasteiger partial charge in [-0.1, -0.05) is 18.2 Å². The van der Waals surface area contributed by atoms with Gasteiger partial charge in [-0.05, 0) is 19.9 Å². The number of rotatable bonds is 4. The molecule has 0 radical (unpaired) electrons. The van der Waals surface area contributed by atoms with E-state index >= 15 is 0 Å². The first-order chi connectivity index (χ1) is 6.49. The van der Waals surface area contributed by atoms with E-state index in [1.165, 1.54) is 0 Å². The van der Waals surface area contributed by atoms with Crippen LogP contribution in [0, 0.1) is 0 Å². The molecule has 0 atom stereocenters. The predicted octanol–water partition coefficient (Wildman–Crippen LogP) is 1.68. The van der Waals surface area contributed by atoms with Crippen LogP contribution in [-0.4, -0.2) is 22.4 Å². The molecule has 0 aliphatic heterocycles. The van der Waals surface area contributed by atoms with E-state index in [0.717, 1.165) is 5.56 Å². The summed E-state index contributed by atoms with van der Waals surface area (Å²) < 4.78 is 5.25. The summed E-state index contributed by atoms with van der Waals surface area (Å²) in [5, 5.41) is 18.8. The second kappa shape index (κ2) is 4.44. The van der Waals surface area contributed by atoms with Gasteiger partial charge in [-0.2, -0.15) is 0 Å². The highest BCUT2D eigenvalue weighted by molar-refractivity contribution is 5.30. The quantitative estimate of drug-likeness (QED) is 0.770. The molecule has 0 fully saturated rings. The van der Waals surface area contributed by atoms with E-state index in [-0.39, 0.29) is 12.4 Å². The SMILES string of the molecule is CC(C)(O)COCc1ccccc1O. The van der Waals surface area contributed by atoms with Gasteiger partial charge in [-0.3, -0.25) is 0 Å². The molecule has 2 N–H and O–H groups in total. The lowest BCUT2D eigenvalue weighted by atomic mass is 10.1. The highest BCUT2D eigenvalue weighted by Crippen LogP contribution is 2.16. The Kier molecular flexibility index (Phi) is 3.49. The first kappa shape index (κ1) is 11.0. The highest BCUT2D eigenvalue weighted by Gasteiger charge is 2.12. The molecule has 0 heterocycles. The minimum Gasteiger partial charge on any atom is -0.508 e. The van der Waals surface area contributed by atoms with Crippen LogP contribution in [0.1, 0.15) is 19.4 Å². The molecule has 0 bridgehead atoms. The lowest BCUT2D eigenvalue weighted by Gasteiger charge is -2.17. The van der Waals surface area contributed by atoms with Gasteiger partial charge in [0.25, 0.3) is 0 Å². The van der Waals surface area contributed by atoms with E-state index in [2.05, 4.69) is 0 Å². The number of aliphatic hydroxyl groups is 1. The van der Waals surface area contributed by atoms with Crippen LogP contribution in [0.5, 0.6) is 5.75 Å². The van der Waals surface area contributed by atoms with E-state index in [4.69, 9.17) is 4.74 Å². The Morgan fingerprint density at radius 3 is 2.50 bits per heavy atom. The largest absolute Gasteiger partial charge is 0.508 e. The second-order valence-electron chi connectivity index (χ2n) is 3.93. The number of hydrogen-bond donors (Lipinski definition) is 2. The maximum absolute atomic E-state index is 9.40. The number of hydrogen-bond acceptors (Lipinski definition) is 3. The van der Waals surface area contributed by atoms with Crippen molar-refractivity contribution in [2.75, 3.05) is 6.61 Å². The van der Waals surface area contributed by atoms with Crippen LogP contribution in [0.3, 0.4) is 0 Å². The van der Waals surface area contributed by atoms with Gasteiger partial charge in [0.05, 0.1) is 18.8 Å². The molecule has 0 saturated heterocycles. The summed E-state index contributed by atoms with van der Waals surface area (Å²) in [5.41, 5.74) is -0.0959. The van der Waals surface area contributed by atoms with Gasteiger partial charge in [0.15, 0.2) is 0 Å². The molecule has 3 nitrogen and oxygen atoms in total. The lowest BCUT2D eigenvalue weighted by molar-refractivity contribution is -0.0272. The lowest BCUT2D eigenvalue weighted by Crippen LogP contribution is -2.25. The number of para-hydroxylation sites is 1. The molecule has 0 amide bonds. The molecule has 1 rings (SSSR count). The molecule has 1 aromatic rings. The minimum absolute atomic E-state index is 0.225. The van der Waals surface area contributed by atoms with Gasteiger partial charge in [-0.15, -0.1) is 0 Å². The van der Waals surface area contributed by atoms with Gasteiger partial charge in [0.1, 0.15) is 5.75 Å². The van der Waals surface area contributed by atoms with Crippen molar-refractivity contribution in [3.05, 3.63) is 29.8 Å². The summed E-state index contributed by atoms with van der Waals surface area (Å²) in [7, 11) is 0. The summed E-state index contributed by atoms with van der Waals surface area (Å²) in [5.74, 6) is 0.225. The van der Waals surface area contributed by atoms with Crippen molar-refractivity contribution in [3.63, 3.8) is 0 Å². The van der Waals surface area contributed by atoms with Gasteiger partial charge in [-0.25, -0.2) is 0 Å². The molecule has 0 unspecified atom stereocenters. The number of phenolic OH excluding ortho intramolecular Hbond substituents is 1. The molecule has 0 spiro atoms. The Morgan fingerprint density at radius 2 is 1.93 bits per heavy atom. The summed E-state index contributed by atoms with van der Waals surface area (Å²) in [6.07, 6.45) is 0. The molecule has 0 aliphatic carbocycles. The van der Waals surface area contributed by atoms with Crippen LogP contribution in [0.4, 0.5) is 0 Å². The van der Waals surface area contributed by atoms with Crippen molar-refractivity contribution in [3.8, 4) is 5.75 Å². The number of ether oxygens (including phenoxy) is 1. The summed E-state index contributed by atoms with van der Waals surface area (Å²) in [6.45, 7) is 3.92.